The quantitative estimate of drug-likeness (QED) is 0.656. The Kier molecular flexibility index (Phi) is 2.99. The molecule has 2 nitrogen and oxygen atoms in total. The van der Waals surface area contributed by atoms with E-state index in [0.717, 1.165) is 4.88 Å². The Morgan fingerprint density at radius 3 is 2.62 bits per heavy atom. The number of nitrogen functional groups attached to an aromatic ring is 1. The number of anilines is 1. The molecule has 0 fully saturated rings. The van der Waals surface area contributed by atoms with E-state index in [4.69, 9.17) is 17.3 Å². The van der Waals surface area contributed by atoms with Gasteiger partial charge < -0.3 is 5.73 Å². The van der Waals surface area contributed by atoms with E-state index in [1.807, 2.05) is 18.4 Å². The van der Waals surface area contributed by atoms with Crippen LogP contribution in [0.15, 0.2) is 29.6 Å². The fourth-order valence-corrected chi connectivity index (χ4v) is 2.26. The van der Waals surface area contributed by atoms with Gasteiger partial charge in [-0.1, -0.05) is 11.6 Å². The molecule has 0 saturated carbocycles. The van der Waals surface area contributed by atoms with E-state index in [1.54, 1.807) is 29.5 Å². The summed E-state index contributed by atoms with van der Waals surface area (Å²) in [4.78, 5) is 13.1. The standard InChI is InChI=1S/C12H10ClNOS/c1-7-4-9(6-16-7)12(15)8-2-3-11(14)10(13)5-8/h2-6H,14H2,1H3. The highest BCUT2D eigenvalue weighted by Crippen LogP contribution is 2.23. The van der Waals surface area contributed by atoms with Gasteiger partial charge in [0.1, 0.15) is 0 Å². The Morgan fingerprint density at radius 1 is 1.31 bits per heavy atom. The van der Waals surface area contributed by atoms with Crippen LogP contribution in [0.5, 0.6) is 0 Å². The van der Waals surface area contributed by atoms with E-state index in [9.17, 15) is 4.79 Å². The summed E-state index contributed by atoms with van der Waals surface area (Å²) in [7, 11) is 0. The Balaban J connectivity index is 2.38. The molecule has 2 aromatic rings. The molecule has 1 aromatic carbocycles. The highest BCUT2D eigenvalue weighted by Gasteiger charge is 2.11. The lowest BCUT2D eigenvalue weighted by Gasteiger charge is -2.01. The Hall–Kier alpha value is -1.32. The van der Waals surface area contributed by atoms with Crippen molar-refractivity contribution in [3.8, 4) is 0 Å². The summed E-state index contributed by atoms with van der Waals surface area (Å²) in [6.07, 6.45) is 0. The number of hydrogen-bond acceptors (Lipinski definition) is 3. The second-order valence-corrected chi connectivity index (χ2v) is 5.03. The van der Waals surface area contributed by atoms with Crippen LogP contribution in [0, 0.1) is 6.92 Å². The summed E-state index contributed by atoms with van der Waals surface area (Å²) in [5.41, 5.74) is 7.34. The van der Waals surface area contributed by atoms with Crippen LogP contribution in [0.3, 0.4) is 0 Å². The van der Waals surface area contributed by atoms with Gasteiger partial charge in [0.25, 0.3) is 0 Å². The normalized spacial score (nSPS) is 10.4. The minimum Gasteiger partial charge on any atom is -0.398 e. The summed E-state index contributed by atoms with van der Waals surface area (Å²) in [5.74, 6) is -0.0220. The molecule has 1 aromatic heterocycles. The zero-order chi connectivity index (χ0) is 11.7. The monoisotopic (exact) mass is 251 g/mol. The molecule has 2 N–H and O–H groups in total. The maximum absolute atomic E-state index is 12.0. The van der Waals surface area contributed by atoms with Crippen LogP contribution in [0.1, 0.15) is 20.8 Å². The van der Waals surface area contributed by atoms with E-state index in [1.165, 1.54) is 0 Å². The SMILES string of the molecule is Cc1cc(C(=O)c2ccc(N)c(Cl)c2)cs1. The van der Waals surface area contributed by atoms with Crippen molar-refractivity contribution in [2.24, 2.45) is 0 Å². The predicted octanol–water partition coefficient (Wildman–Crippen LogP) is 3.52. The van der Waals surface area contributed by atoms with Crippen LogP contribution in [0.2, 0.25) is 5.02 Å². The van der Waals surface area contributed by atoms with Gasteiger partial charge in [0.15, 0.2) is 5.78 Å². The summed E-state index contributed by atoms with van der Waals surface area (Å²) in [6, 6.07) is 6.81. The highest BCUT2D eigenvalue weighted by atomic mass is 35.5. The zero-order valence-electron chi connectivity index (χ0n) is 8.66. The molecule has 0 amide bonds. The third-order valence-corrected chi connectivity index (χ3v) is 3.44. The number of carbonyl (C=O) groups is 1. The molecule has 1 heterocycles. The number of aryl methyl sites for hydroxylation is 1. The summed E-state index contributed by atoms with van der Waals surface area (Å²) >= 11 is 7.43. The molecule has 4 heteroatoms. The third-order valence-electron chi connectivity index (χ3n) is 2.26. The summed E-state index contributed by atoms with van der Waals surface area (Å²) in [5, 5.41) is 2.26. The molecule has 0 saturated heterocycles. The number of benzene rings is 1. The lowest BCUT2D eigenvalue weighted by Crippen LogP contribution is -2.00. The first-order valence-corrected chi connectivity index (χ1v) is 5.98. The van der Waals surface area contributed by atoms with Crippen molar-refractivity contribution < 1.29 is 4.79 Å². The molecular formula is C12H10ClNOS. The van der Waals surface area contributed by atoms with Gasteiger partial charge in [-0.25, -0.2) is 0 Å². The largest absolute Gasteiger partial charge is 0.398 e. The lowest BCUT2D eigenvalue weighted by atomic mass is 10.1. The van der Waals surface area contributed by atoms with Crippen molar-refractivity contribution in [2.45, 2.75) is 6.92 Å². The van der Waals surface area contributed by atoms with Crippen LogP contribution in [-0.2, 0) is 0 Å². The average Bonchev–Trinajstić information content (AvgIpc) is 2.68. The fourth-order valence-electron chi connectivity index (χ4n) is 1.40. The van der Waals surface area contributed by atoms with Gasteiger partial charge >= 0.3 is 0 Å². The number of rotatable bonds is 2. The molecule has 0 atom stereocenters. The molecule has 2 rings (SSSR count). The van der Waals surface area contributed by atoms with Crippen LogP contribution < -0.4 is 5.73 Å². The van der Waals surface area contributed by atoms with Gasteiger partial charge in [-0.3, -0.25) is 4.79 Å². The van der Waals surface area contributed by atoms with E-state index in [2.05, 4.69) is 0 Å². The molecule has 82 valence electrons. The van der Waals surface area contributed by atoms with Gasteiger partial charge in [-0.05, 0) is 31.2 Å². The maximum atomic E-state index is 12.0. The second kappa shape index (κ2) is 4.28. The van der Waals surface area contributed by atoms with Crippen LogP contribution >= 0.6 is 22.9 Å². The smallest absolute Gasteiger partial charge is 0.193 e. The van der Waals surface area contributed by atoms with Gasteiger partial charge in [0, 0.05) is 21.4 Å². The predicted molar refractivity (Wildman–Crippen MR) is 68.4 cm³/mol. The number of thiophene rings is 1. The summed E-state index contributed by atoms with van der Waals surface area (Å²) in [6.45, 7) is 1.97. The Labute approximate surface area is 103 Å². The van der Waals surface area contributed by atoms with Crippen molar-refractivity contribution in [2.75, 3.05) is 5.73 Å². The van der Waals surface area contributed by atoms with E-state index in [0.29, 0.717) is 21.8 Å². The fraction of sp³-hybridized carbons (Fsp3) is 0.0833. The summed E-state index contributed by atoms with van der Waals surface area (Å²) < 4.78 is 0. The first-order valence-electron chi connectivity index (χ1n) is 4.73. The minimum atomic E-state index is -0.0220. The van der Waals surface area contributed by atoms with Gasteiger partial charge in [-0.15, -0.1) is 11.3 Å². The average molecular weight is 252 g/mol. The number of nitrogens with two attached hydrogens (primary N) is 1. The molecule has 0 aliphatic heterocycles. The molecular weight excluding hydrogens is 242 g/mol. The van der Waals surface area contributed by atoms with E-state index >= 15 is 0 Å². The molecule has 0 spiro atoms. The lowest BCUT2D eigenvalue weighted by molar-refractivity contribution is 0.103. The number of halogens is 1. The molecule has 0 aliphatic rings. The third kappa shape index (κ3) is 2.10. The molecule has 0 bridgehead atoms. The maximum Gasteiger partial charge on any atom is 0.193 e. The van der Waals surface area contributed by atoms with Crippen LogP contribution in [0.4, 0.5) is 5.69 Å². The molecule has 0 unspecified atom stereocenters. The molecule has 0 aliphatic carbocycles. The van der Waals surface area contributed by atoms with Crippen molar-refractivity contribution in [1.82, 2.24) is 0 Å². The van der Waals surface area contributed by atoms with E-state index < -0.39 is 0 Å². The van der Waals surface area contributed by atoms with Crippen molar-refractivity contribution >= 4 is 34.4 Å². The molecule has 0 radical (unpaired) electrons. The minimum absolute atomic E-state index is 0.0220. The Morgan fingerprint density at radius 2 is 2.06 bits per heavy atom. The van der Waals surface area contributed by atoms with Crippen molar-refractivity contribution in [3.05, 3.63) is 50.7 Å². The first kappa shape index (κ1) is 11.2. The number of hydrogen-bond donors (Lipinski definition) is 1. The topological polar surface area (TPSA) is 43.1 Å². The first-order chi connectivity index (χ1) is 7.58. The van der Waals surface area contributed by atoms with E-state index in [-0.39, 0.29) is 5.78 Å². The van der Waals surface area contributed by atoms with Crippen molar-refractivity contribution in [3.63, 3.8) is 0 Å². The number of carbonyl (C=O) groups excluding carboxylic acids is 1. The van der Waals surface area contributed by atoms with Gasteiger partial charge in [0.05, 0.1) is 10.7 Å². The highest BCUT2D eigenvalue weighted by molar-refractivity contribution is 7.10. The molecule has 16 heavy (non-hydrogen) atoms. The van der Waals surface area contributed by atoms with Crippen molar-refractivity contribution in [1.29, 1.82) is 0 Å². The van der Waals surface area contributed by atoms with Gasteiger partial charge in [-0.2, -0.15) is 0 Å². The Bertz CT molecular complexity index is 548. The number of ketones is 1. The van der Waals surface area contributed by atoms with Crippen LogP contribution in [0.25, 0.3) is 0 Å². The van der Waals surface area contributed by atoms with Crippen LogP contribution in [-0.4, -0.2) is 5.78 Å². The zero-order valence-corrected chi connectivity index (χ0v) is 10.2. The second-order valence-electron chi connectivity index (χ2n) is 3.51. The van der Waals surface area contributed by atoms with Gasteiger partial charge in [0.2, 0.25) is 0 Å².